The maximum absolute atomic E-state index is 13.0. The summed E-state index contributed by atoms with van der Waals surface area (Å²) >= 11 is 0. The van der Waals surface area contributed by atoms with E-state index in [0.717, 1.165) is 5.57 Å². The first-order chi connectivity index (χ1) is 21.2. The number of nitrogens with zero attached hydrogens (tertiary/aromatic N) is 4. The number of ether oxygens (including phenoxy) is 2. The average molecular weight is 633 g/mol. The third-order valence-electron chi connectivity index (χ3n) is 6.69. The summed E-state index contributed by atoms with van der Waals surface area (Å²) < 4.78 is 49.4. The van der Waals surface area contributed by atoms with Crippen molar-refractivity contribution in [1.29, 1.82) is 0 Å². The number of aromatic nitrogens is 3. The third-order valence-corrected chi connectivity index (χ3v) is 6.69. The third kappa shape index (κ3) is 10.9. The second-order valence-electron chi connectivity index (χ2n) is 12.0. The molecule has 2 aromatic rings. The molecule has 3 amide bonds. The van der Waals surface area contributed by atoms with Crippen molar-refractivity contribution in [1.82, 2.24) is 30.5 Å². The van der Waals surface area contributed by atoms with Crippen LogP contribution in [0.15, 0.2) is 48.1 Å². The molecule has 0 saturated carbocycles. The molecule has 12 nitrogen and oxygen atoms in total. The highest BCUT2D eigenvalue weighted by Crippen LogP contribution is 2.26. The molecule has 6 bridgehead atoms. The lowest BCUT2D eigenvalue weighted by atomic mass is 9.93. The summed E-state index contributed by atoms with van der Waals surface area (Å²) in [5.74, 6) is -0.376. The van der Waals surface area contributed by atoms with E-state index >= 15 is 0 Å². The molecular weight excluding hydrogens is 593 g/mol. The van der Waals surface area contributed by atoms with Crippen molar-refractivity contribution in [3.05, 3.63) is 53.6 Å². The Hall–Kier alpha value is -4.40. The highest BCUT2D eigenvalue weighted by Gasteiger charge is 2.29. The van der Waals surface area contributed by atoms with Gasteiger partial charge in [-0.15, -0.1) is 0 Å². The van der Waals surface area contributed by atoms with Gasteiger partial charge in [0.15, 0.2) is 6.61 Å². The van der Waals surface area contributed by atoms with Crippen molar-refractivity contribution in [3.8, 4) is 6.01 Å². The van der Waals surface area contributed by atoms with E-state index in [9.17, 15) is 22.8 Å². The van der Waals surface area contributed by atoms with Gasteiger partial charge in [-0.25, -0.2) is 4.79 Å². The van der Waals surface area contributed by atoms with Gasteiger partial charge in [0, 0.05) is 49.6 Å². The molecule has 0 radical (unpaired) electrons. The smallest absolute Gasteiger partial charge is 0.422 e. The molecule has 1 aromatic carbocycles. The van der Waals surface area contributed by atoms with Crippen molar-refractivity contribution in [2.45, 2.75) is 57.9 Å². The zero-order valence-corrected chi connectivity index (χ0v) is 25.8. The summed E-state index contributed by atoms with van der Waals surface area (Å²) in [6.07, 6.45) is 2.44. The molecule has 5 aliphatic rings. The number of hydrogen-bond acceptors (Lipinski definition) is 9. The van der Waals surface area contributed by atoms with Crippen molar-refractivity contribution in [2.75, 3.05) is 50.0 Å². The summed E-state index contributed by atoms with van der Waals surface area (Å²) in [4.78, 5) is 39.7. The minimum Gasteiger partial charge on any atom is -0.454 e. The maximum atomic E-state index is 13.0. The zero-order chi connectivity index (χ0) is 32.7. The molecule has 7 rings (SSSR count). The minimum absolute atomic E-state index is 0.0120. The lowest BCUT2D eigenvalue weighted by Gasteiger charge is -2.30. The Balaban J connectivity index is 1.55. The Morgan fingerprint density at radius 2 is 1.82 bits per heavy atom. The van der Waals surface area contributed by atoms with Crippen LogP contribution in [-0.4, -0.2) is 88.5 Å². The summed E-state index contributed by atoms with van der Waals surface area (Å²) in [6, 6.07) is 5.63. The first-order valence-corrected chi connectivity index (χ1v) is 14.6. The van der Waals surface area contributed by atoms with Crippen LogP contribution in [0.2, 0.25) is 0 Å². The van der Waals surface area contributed by atoms with Crippen LogP contribution in [0.3, 0.4) is 0 Å². The van der Waals surface area contributed by atoms with E-state index in [0.29, 0.717) is 43.8 Å². The Morgan fingerprint density at radius 3 is 2.49 bits per heavy atom. The van der Waals surface area contributed by atoms with E-state index in [1.165, 1.54) is 0 Å². The van der Waals surface area contributed by atoms with Gasteiger partial charge in [-0.05, 0) is 70.4 Å². The van der Waals surface area contributed by atoms with E-state index in [2.05, 4.69) is 36.2 Å². The largest absolute Gasteiger partial charge is 0.454 e. The quantitative estimate of drug-likeness (QED) is 0.375. The molecule has 1 aliphatic carbocycles. The van der Waals surface area contributed by atoms with Crippen molar-refractivity contribution >= 4 is 29.5 Å². The summed E-state index contributed by atoms with van der Waals surface area (Å²) in [5.41, 5.74) is 0.772. The van der Waals surface area contributed by atoms with Gasteiger partial charge in [0.25, 0.3) is 5.91 Å². The van der Waals surface area contributed by atoms with Crippen LogP contribution in [0.25, 0.3) is 0 Å². The van der Waals surface area contributed by atoms with E-state index in [1.807, 2.05) is 45.9 Å². The summed E-state index contributed by atoms with van der Waals surface area (Å²) in [7, 11) is 0. The van der Waals surface area contributed by atoms with Gasteiger partial charge in [-0.2, -0.15) is 28.1 Å². The van der Waals surface area contributed by atoms with Crippen LogP contribution in [-0.2, 0) is 4.74 Å². The monoisotopic (exact) mass is 632 g/mol. The lowest BCUT2D eigenvalue weighted by Crippen LogP contribution is -2.50. The fraction of sp³-hybridized carbons (Fsp3) is 0.500. The molecule has 244 valence electrons. The van der Waals surface area contributed by atoms with Crippen LogP contribution in [0, 0.1) is 0 Å². The van der Waals surface area contributed by atoms with Crippen molar-refractivity contribution in [2.24, 2.45) is 0 Å². The second-order valence-corrected chi connectivity index (χ2v) is 12.0. The number of amides is 3. The molecule has 15 heteroatoms. The predicted molar refractivity (Wildman–Crippen MR) is 163 cm³/mol. The number of hydrogen-bond donors (Lipinski definition) is 4. The van der Waals surface area contributed by atoms with Gasteiger partial charge in [-0.1, -0.05) is 18.2 Å². The number of rotatable bonds is 2. The molecule has 1 unspecified atom stereocenters. The second kappa shape index (κ2) is 14.1. The molecule has 4 N–H and O–H groups in total. The van der Waals surface area contributed by atoms with E-state index in [-0.39, 0.29) is 36.9 Å². The van der Waals surface area contributed by atoms with Crippen LogP contribution in [0.1, 0.15) is 50.9 Å². The summed E-state index contributed by atoms with van der Waals surface area (Å²) in [6.45, 7) is 7.76. The SMILES string of the molecule is CC(C)(C)NC(=O)N1CCCOC2(C)C=CC(=CC2)CNc2nc(nc(OCC(F)(F)F)n2)Nc2ccc(cc2)C(=O)NCC1. The molecular formula is C30H39F3N8O4. The normalized spacial score (nSPS) is 20.0. The minimum atomic E-state index is -4.58. The molecule has 45 heavy (non-hydrogen) atoms. The maximum Gasteiger partial charge on any atom is 0.422 e. The number of carbonyl (C=O) groups excluding carboxylic acids is 2. The van der Waals surface area contributed by atoms with E-state index in [4.69, 9.17) is 9.47 Å². The molecule has 4 aliphatic heterocycles. The van der Waals surface area contributed by atoms with Gasteiger partial charge >= 0.3 is 18.2 Å². The van der Waals surface area contributed by atoms with Crippen LogP contribution in [0.4, 0.5) is 35.5 Å². The van der Waals surface area contributed by atoms with E-state index in [1.54, 1.807) is 29.2 Å². The highest BCUT2D eigenvalue weighted by molar-refractivity contribution is 5.94. The Bertz CT molecular complexity index is 1410. The van der Waals surface area contributed by atoms with Crippen molar-refractivity contribution < 1.29 is 32.2 Å². The first kappa shape index (κ1) is 33.5. The fourth-order valence-electron chi connectivity index (χ4n) is 4.39. The van der Waals surface area contributed by atoms with Crippen molar-refractivity contribution in [3.63, 3.8) is 0 Å². The molecule has 5 heterocycles. The average Bonchev–Trinajstić information content (AvgIpc) is 2.95. The first-order valence-electron chi connectivity index (χ1n) is 14.6. The number of anilines is 3. The Labute approximate surface area is 259 Å². The van der Waals surface area contributed by atoms with Crippen LogP contribution >= 0.6 is 0 Å². The molecule has 0 fully saturated rings. The molecule has 0 spiro atoms. The number of alkyl halides is 3. The van der Waals surface area contributed by atoms with Crippen LogP contribution < -0.4 is 26.0 Å². The van der Waals surface area contributed by atoms with Gasteiger partial charge in [-0.3, -0.25) is 4.79 Å². The Morgan fingerprint density at radius 1 is 1.09 bits per heavy atom. The summed E-state index contributed by atoms with van der Waals surface area (Å²) in [5, 5.41) is 11.7. The molecule has 1 aromatic heterocycles. The number of carbonyl (C=O) groups is 2. The van der Waals surface area contributed by atoms with Crippen LogP contribution in [0.5, 0.6) is 6.01 Å². The predicted octanol–water partition coefficient (Wildman–Crippen LogP) is 4.57. The Kier molecular flexibility index (Phi) is 10.5. The fourth-order valence-corrected chi connectivity index (χ4v) is 4.39. The number of halogens is 3. The molecule has 1 atom stereocenters. The molecule has 0 saturated heterocycles. The highest BCUT2D eigenvalue weighted by atomic mass is 19.4. The van der Waals surface area contributed by atoms with Gasteiger partial charge in [0.05, 0.1) is 5.60 Å². The lowest BCUT2D eigenvalue weighted by molar-refractivity contribution is -0.154. The zero-order valence-electron chi connectivity index (χ0n) is 25.8. The number of benzene rings is 1. The standard InChI is InChI=1S/C30H39F3N8O4/c1-28(2,3)40-27(43)41-15-5-17-45-29(4)12-10-20(11-13-29)18-35-24-37-25(39-26(38-24)44-19-30(31,32)33)36-22-8-6-21(7-9-22)23(42)34-14-16-41/h6-12H,5,13-19H2,1-4H3,(H,34,42)(H,40,43)(H2,35,36,37,38,39). The van der Waals surface area contributed by atoms with Gasteiger partial charge < -0.3 is 35.6 Å². The van der Waals surface area contributed by atoms with Gasteiger partial charge in [0.2, 0.25) is 11.9 Å². The topological polar surface area (TPSA) is 143 Å². The van der Waals surface area contributed by atoms with E-state index < -0.39 is 29.9 Å². The number of nitrogens with one attached hydrogen (secondary N) is 4. The van der Waals surface area contributed by atoms with Gasteiger partial charge in [0.1, 0.15) is 0 Å². The number of urea groups is 1.